The van der Waals surface area contributed by atoms with E-state index in [4.69, 9.17) is 5.11 Å². The van der Waals surface area contributed by atoms with Crippen LogP contribution >= 0.6 is 39.0 Å². The van der Waals surface area contributed by atoms with E-state index in [-0.39, 0.29) is 15.7 Å². The van der Waals surface area contributed by atoms with E-state index in [1.807, 2.05) is 13.2 Å². The van der Waals surface area contributed by atoms with Gasteiger partial charge in [-0.05, 0) is 39.9 Å². The molecule has 108 valence electrons. The first-order chi connectivity index (χ1) is 8.77. The van der Waals surface area contributed by atoms with Crippen LogP contribution in [0.15, 0.2) is 14.7 Å². The molecule has 1 heterocycles. The summed E-state index contributed by atoms with van der Waals surface area (Å²) >= 11 is 5.63. The molecular formula is C10H14BrNO4S3. The normalized spacial score (nSPS) is 13.4. The summed E-state index contributed by atoms with van der Waals surface area (Å²) in [5, 5.41) is 8.85. The third kappa shape index (κ3) is 4.75. The smallest absolute Gasteiger partial charge is 0.345 e. The van der Waals surface area contributed by atoms with Crippen molar-refractivity contribution in [3.05, 3.63) is 14.7 Å². The number of aromatic carboxylic acids is 1. The third-order valence-electron chi connectivity index (χ3n) is 2.23. The summed E-state index contributed by atoms with van der Waals surface area (Å²) in [5.74, 6) is -0.0720. The van der Waals surface area contributed by atoms with Gasteiger partial charge in [-0.25, -0.2) is 17.9 Å². The third-order valence-corrected chi connectivity index (χ3v) is 6.79. The molecule has 1 aromatic rings. The number of nitrogens with one attached hydrogen (secondary N) is 1. The van der Waals surface area contributed by atoms with Gasteiger partial charge in [0.15, 0.2) is 0 Å². The number of hydrogen-bond donors (Lipinski definition) is 2. The lowest BCUT2D eigenvalue weighted by atomic mass is 10.2. The number of thiophene rings is 1. The molecule has 1 aromatic heterocycles. The van der Waals surface area contributed by atoms with Crippen LogP contribution in [0.25, 0.3) is 0 Å². The van der Waals surface area contributed by atoms with Crippen LogP contribution in [0.4, 0.5) is 0 Å². The standard InChI is InChI=1S/C10H14BrNO4S3/c1-6(5-17-2)4-12-19(15,16)8-3-7(10(13)14)18-9(8)11/h3,6,12H,4-5H2,1-2H3,(H,13,14). The van der Waals surface area contributed by atoms with Gasteiger partial charge >= 0.3 is 5.97 Å². The quantitative estimate of drug-likeness (QED) is 0.750. The fourth-order valence-corrected chi connectivity index (χ4v) is 5.57. The van der Waals surface area contributed by atoms with Crippen molar-refractivity contribution in [2.45, 2.75) is 11.8 Å². The van der Waals surface area contributed by atoms with E-state index in [1.165, 1.54) is 6.07 Å². The molecule has 0 aliphatic heterocycles. The summed E-state index contributed by atoms with van der Waals surface area (Å²) in [4.78, 5) is 10.8. The molecule has 0 spiro atoms. The number of thioether (sulfide) groups is 1. The number of carboxylic acids is 1. The van der Waals surface area contributed by atoms with Crippen molar-refractivity contribution < 1.29 is 18.3 Å². The molecule has 0 radical (unpaired) electrons. The molecule has 0 aliphatic rings. The van der Waals surface area contributed by atoms with Gasteiger partial charge in [0.2, 0.25) is 10.0 Å². The molecule has 0 aromatic carbocycles. The molecule has 1 unspecified atom stereocenters. The van der Waals surface area contributed by atoms with Crippen LogP contribution in [-0.2, 0) is 10.0 Å². The van der Waals surface area contributed by atoms with Crippen molar-refractivity contribution in [3.8, 4) is 0 Å². The molecule has 2 N–H and O–H groups in total. The van der Waals surface area contributed by atoms with E-state index in [2.05, 4.69) is 20.7 Å². The molecule has 0 saturated heterocycles. The van der Waals surface area contributed by atoms with Gasteiger partial charge in [-0.1, -0.05) is 6.92 Å². The summed E-state index contributed by atoms with van der Waals surface area (Å²) in [6.45, 7) is 2.28. The number of sulfonamides is 1. The second kappa shape index (κ2) is 7.07. The number of carboxylic acid groups (broad SMARTS) is 1. The average Bonchev–Trinajstić information content (AvgIpc) is 2.70. The molecular weight excluding hydrogens is 374 g/mol. The van der Waals surface area contributed by atoms with E-state index in [9.17, 15) is 13.2 Å². The van der Waals surface area contributed by atoms with Gasteiger partial charge in [-0.15, -0.1) is 11.3 Å². The van der Waals surface area contributed by atoms with Gasteiger partial charge in [0.25, 0.3) is 0 Å². The van der Waals surface area contributed by atoms with Gasteiger partial charge in [-0.3, -0.25) is 0 Å². The Hall–Kier alpha value is -0.0900. The van der Waals surface area contributed by atoms with Crippen molar-refractivity contribution in [1.29, 1.82) is 0 Å². The highest BCUT2D eigenvalue weighted by Crippen LogP contribution is 2.31. The van der Waals surface area contributed by atoms with Crippen LogP contribution in [0.3, 0.4) is 0 Å². The summed E-state index contributed by atoms with van der Waals surface area (Å²) in [6.07, 6.45) is 1.96. The molecule has 0 amide bonds. The van der Waals surface area contributed by atoms with E-state index < -0.39 is 16.0 Å². The van der Waals surface area contributed by atoms with Crippen molar-refractivity contribution in [2.24, 2.45) is 5.92 Å². The average molecular weight is 388 g/mol. The van der Waals surface area contributed by atoms with Crippen molar-refractivity contribution in [2.75, 3.05) is 18.6 Å². The summed E-state index contributed by atoms with van der Waals surface area (Å²) < 4.78 is 26.9. The van der Waals surface area contributed by atoms with Crippen LogP contribution in [0.2, 0.25) is 0 Å². The van der Waals surface area contributed by atoms with Crippen molar-refractivity contribution in [1.82, 2.24) is 4.72 Å². The predicted molar refractivity (Wildman–Crippen MR) is 81.7 cm³/mol. The molecule has 0 aliphatic carbocycles. The monoisotopic (exact) mass is 387 g/mol. The van der Waals surface area contributed by atoms with Gasteiger partial charge in [0.1, 0.15) is 9.77 Å². The SMILES string of the molecule is CSCC(C)CNS(=O)(=O)c1cc(C(=O)O)sc1Br. The molecule has 5 nitrogen and oxygen atoms in total. The fraction of sp³-hybridized carbons (Fsp3) is 0.500. The first-order valence-corrected chi connectivity index (χ1v) is 9.77. The Balaban J connectivity index is 2.86. The molecule has 1 atom stereocenters. The zero-order chi connectivity index (χ0) is 14.6. The highest BCUT2D eigenvalue weighted by molar-refractivity contribution is 9.11. The largest absolute Gasteiger partial charge is 0.477 e. The maximum Gasteiger partial charge on any atom is 0.345 e. The lowest BCUT2D eigenvalue weighted by Crippen LogP contribution is -2.29. The molecule has 19 heavy (non-hydrogen) atoms. The zero-order valence-electron chi connectivity index (χ0n) is 10.3. The molecule has 0 bridgehead atoms. The van der Waals surface area contributed by atoms with Crippen LogP contribution in [0.1, 0.15) is 16.6 Å². The molecule has 0 saturated carbocycles. The van der Waals surface area contributed by atoms with E-state index in [0.717, 1.165) is 17.1 Å². The number of hydrogen-bond acceptors (Lipinski definition) is 5. The Morgan fingerprint density at radius 3 is 2.74 bits per heavy atom. The highest BCUT2D eigenvalue weighted by Gasteiger charge is 2.23. The predicted octanol–water partition coefficient (Wildman–Crippen LogP) is 2.49. The first kappa shape index (κ1) is 17.0. The van der Waals surface area contributed by atoms with Gasteiger partial charge < -0.3 is 5.11 Å². The summed E-state index contributed by atoms with van der Waals surface area (Å²) in [5.41, 5.74) is 0. The Kier molecular flexibility index (Phi) is 6.31. The summed E-state index contributed by atoms with van der Waals surface area (Å²) in [6, 6.07) is 1.17. The number of rotatable bonds is 7. The van der Waals surface area contributed by atoms with Crippen LogP contribution in [0, 0.1) is 5.92 Å². The van der Waals surface area contributed by atoms with E-state index >= 15 is 0 Å². The van der Waals surface area contributed by atoms with E-state index in [1.54, 1.807) is 11.8 Å². The Morgan fingerprint density at radius 2 is 2.26 bits per heavy atom. The molecule has 9 heteroatoms. The van der Waals surface area contributed by atoms with Crippen molar-refractivity contribution >= 4 is 55.0 Å². The minimum Gasteiger partial charge on any atom is -0.477 e. The fourth-order valence-electron chi connectivity index (χ4n) is 1.31. The highest BCUT2D eigenvalue weighted by atomic mass is 79.9. The van der Waals surface area contributed by atoms with Gasteiger partial charge in [0.05, 0.1) is 3.79 Å². The Morgan fingerprint density at radius 1 is 1.63 bits per heavy atom. The minimum atomic E-state index is -3.68. The van der Waals surface area contributed by atoms with E-state index in [0.29, 0.717) is 10.3 Å². The zero-order valence-corrected chi connectivity index (χ0v) is 14.4. The second-order valence-electron chi connectivity index (χ2n) is 3.97. The Labute approximate surface area is 129 Å². The Bertz CT molecular complexity index is 555. The molecule has 1 rings (SSSR count). The van der Waals surface area contributed by atoms with Gasteiger partial charge in [0, 0.05) is 6.54 Å². The van der Waals surface area contributed by atoms with Gasteiger partial charge in [-0.2, -0.15) is 11.8 Å². The second-order valence-corrected chi connectivity index (χ2v) is 8.98. The lowest BCUT2D eigenvalue weighted by Gasteiger charge is -2.11. The molecule has 0 fully saturated rings. The number of halogens is 1. The van der Waals surface area contributed by atoms with Crippen LogP contribution in [0.5, 0.6) is 0 Å². The number of carbonyl (C=O) groups is 1. The van der Waals surface area contributed by atoms with Crippen molar-refractivity contribution in [3.63, 3.8) is 0 Å². The van der Waals surface area contributed by atoms with Crippen LogP contribution in [-0.4, -0.2) is 38.0 Å². The van der Waals surface area contributed by atoms with Crippen LogP contribution < -0.4 is 4.72 Å². The first-order valence-electron chi connectivity index (χ1n) is 5.29. The maximum absolute atomic E-state index is 12.1. The summed E-state index contributed by atoms with van der Waals surface area (Å²) in [7, 11) is -3.68. The lowest BCUT2D eigenvalue weighted by molar-refractivity contribution is 0.0702. The minimum absolute atomic E-state index is 0.00980. The topological polar surface area (TPSA) is 83.5 Å². The maximum atomic E-state index is 12.1.